The van der Waals surface area contributed by atoms with Gasteiger partial charge in [-0.1, -0.05) is 42.8 Å². The van der Waals surface area contributed by atoms with Gasteiger partial charge in [-0.25, -0.2) is 0 Å². The Kier molecular flexibility index (Phi) is 10.7. The SMILES string of the molecule is CCNC(=O)[C@@H](CC)N(Cc1ccc(C)cc1)C(=O)CCc1ccc(OCC)c(OCC)c1. The molecule has 0 aliphatic heterocycles. The minimum absolute atomic E-state index is 0.0412. The predicted octanol–water partition coefficient (Wildman–Crippen LogP) is 4.67. The van der Waals surface area contributed by atoms with Crippen molar-refractivity contribution in [1.82, 2.24) is 10.2 Å². The number of carbonyl (C=O) groups excluding carboxylic acids is 2. The first-order chi connectivity index (χ1) is 15.9. The fraction of sp³-hybridized carbons (Fsp3) is 0.481. The molecule has 1 atom stereocenters. The first kappa shape index (κ1) is 26.2. The Morgan fingerprint density at radius 1 is 0.909 bits per heavy atom. The summed E-state index contributed by atoms with van der Waals surface area (Å²) in [6, 6.07) is 13.4. The van der Waals surface area contributed by atoms with Crippen molar-refractivity contribution >= 4 is 11.8 Å². The second-order valence-corrected chi connectivity index (χ2v) is 7.97. The van der Waals surface area contributed by atoms with Crippen molar-refractivity contribution in [2.75, 3.05) is 19.8 Å². The summed E-state index contributed by atoms with van der Waals surface area (Å²) in [6.45, 7) is 11.8. The lowest BCUT2D eigenvalue weighted by Gasteiger charge is -2.30. The zero-order valence-electron chi connectivity index (χ0n) is 20.6. The summed E-state index contributed by atoms with van der Waals surface area (Å²) >= 11 is 0. The number of likely N-dealkylation sites (N-methyl/N-ethyl adjacent to an activating group) is 1. The standard InChI is InChI=1S/C27H38N2O4/c1-6-23(27(31)28-7-2)29(19-22-12-10-20(5)11-13-22)26(30)17-15-21-14-16-24(32-8-3)25(18-21)33-9-4/h10-14,16,18,23H,6-9,15,17,19H2,1-5H3,(H,28,31)/t23-/m1/s1. The lowest BCUT2D eigenvalue weighted by atomic mass is 10.1. The first-order valence-corrected chi connectivity index (χ1v) is 11.9. The molecule has 2 aromatic rings. The molecule has 0 aromatic heterocycles. The van der Waals surface area contributed by atoms with E-state index in [9.17, 15) is 9.59 Å². The van der Waals surface area contributed by atoms with Gasteiger partial charge in [-0.15, -0.1) is 0 Å². The van der Waals surface area contributed by atoms with Crippen molar-refractivity contribution in [3.63, 3.8) is 0 Å². The van der Waals surface area contributed by atoms with E-state index in [4.69, 9.17) is 9.47 Å². The van der Waals surface area contributed by atoms with Crippen LogP contribution < -0.4 is 14.8 Å². The summed E-state index contributed by atoms with van der Waals surface area (Å²) in [5.74, 6) is 1.24. The van der Waals surface area contributed by atoms with E-state index in [2.05, 4.69) is 5.32 Å². The van der Waals surface area contributed by atoms with Crippen molar-refractivity contribution in [3.8, 4) is 11.5 Å². The van der Waals surface area contributed by atoms with E-state index in [0.29, 0.717) is 57.1 Å². The first-order valence-electron chi connectivity index (χ1n) is 11.9. The molecular weight excluding hydrogens is 416 g/mol. The number of aryl methyl sites for hydroxylation is 2. The minimum Gasteiger partial charge on any atom is -0.490 e. The zero-order valence-corrected chi connectivity index (χ0v) is 20.6. The summed E-state index contributed by atoms with van der Waals surface area (Å²) in [7, 11) is 0. The molecule has 0 aliphatic carbocycles. The number of nitrogens with one attached hydrogen (secondary N) is 1. The van der Waals surface area contributed by atoms with Gasteiger partial charge in [-0.05, 0) is 63.8 Å². The highest BCUT2D eigenvalue weighted by molar-refractivity contribution is 5.87. The fourth-order valence-corrected chi connectivity index (χ4v) is 3.75. The molecule has 33 heavy (non-hydrogen) atoms. The van der Waals surface area contributed by atoms with Gasteiger partial charge in [-0.3, -0.25) is 9.59 Å². The molecule has 0 saturated heterocycles. The van der Waals surface area contributed by atoms with E-state index in [1.807, 2.05) is 77.1 Å². The fourth-order valence-electron chi connectivity index (χ4n) is 3.75. The van der Waals surface area contributed by atoms with Crippen molar-refractivity contribution in [2.45, 2.75) is 66.5 Å². The molecule has 0 fully saturated rings. The smallest absolute Gasteiger partial charge is 0.242 e. The predicted molar refractivity (Wildman–Crippen MR) is 132 cm³/mol. The Labute approximate surface area is 198 Å². The number of hydrogen-bond donors (Lipinski definition) is 1. The molecule has 2 amide bonds. The van der Waals surface area contributed by atoms with Gasteiger partial charge in [0, 0.05) is 19.5 Å². The zero-order chi connectivity index (χ0) is 24.2. The Bertz CT molecular complexity index is 895. The summed E-state index contributed by atoms with van der Waals surface area (Å²) in [5, 5.41) is 2.88. The van der Waals surface area contributed by atoms with Gasteiger partial charge in [0.05, 0.1) is 13.2 Å². The number of nitrogens with zero attached hydrogens (tertiary/aromatic N) is 1. The van der Waals surface area contributed by atoms with Crippen LogP contribution in [0.4, 0.5) is 0 Å². The molecule has 0 saturated carbocycles. The van der Waals surface area contributed by atoms with Crippen LogP contribution in [0.15, 0.2) is 42.5 Å². The molecule has 0 aliphatic rings. The van der Waals surface area contributed by atoms with Crippen molar-refractivity contribution < 1.29 is 19.1 Å². The van der Waals surface area contributed by atoms with Crippen molar-refractivity contribution in [2.24, 2.45) is 0 Å². The van der Waals surface area contributed by atoms with Crippen LogP contribution in [0.1, 0.15) is 57.2 Å². The molecular formula is C27H38N2O4. The summed E-state index contributed by atoms with van der Waals surface area (Å²) < 4.78 is 11.3. The third-order valence-electron chi connectivity index (χ3n) is 5.45. The van der Waals surface area contributed by atoms with E-state index in [1.54, 1.807) is 4.90 Å². The van der Waals surface area contributed by atoms with Crippen molar-refractivity contribution in [1.29, 1.82) is 0 Å². The van der Waals surface area contributed by atoms with Gasteiger partial charge in [0.25, 0.3) is 0 Å². The maximum absolute atomic E-state index is 13.4. The molecule has 6 nitrogen and oxygen atoms in total. The molecule has 0 bridgehead atoms. The van der Waals surface area contributed by atoms with E-state index >= 15 is 0 Å². The highest BCUT2D eigenvalue weighted by atomic mass is 16.5. The van der Waals surface area contributed by atoms with Gasteiger partial charge in [-0.2, -0.15) is 0 Å². The lowest BCUT2D eigenvalue weighted by Crippen LogP contribution is -2.49. The normalized spacial score (nSPS) is 11.5. The van der Waals surface area contributed by atoms with E-state index in [-0.39, 0.29) is 11.8 Å². The topological polar surface area (TPSA) is 67.9 Å². The summed E-state index contributed by atoms with van der Waals surface area (Å²) in [6.07, 6.45) is 1.42. The third-order valence-corrected chi connectivity index (χ3v) is 5.45. The molecule has 6 heteroatoms. The Balaban J connectivity index is 2.20. The molecule has 0 heterocycles. The Morgan fingerprint density at radius 2 is 1.55 bits per heavy atom. The van der Waals surface area contributed by atoms with Crippen LogP contribution in [0.2, 0.25) is 0 Å². The summed E-state index contributed by atoms with van der Waals surface area (Å²) in [5.41, 5.74) is 3.17. The number of amides is 2. The van der Waals surface area contributed by atoms with Crippen LogP contribution in [0.5, 0.6) is 11.5 Å². The maximum atomic E-state index is 13.4. The van der Waals surface area contributed by atoms with E-state index in [1.165, 1.54) is 0 Å². The highest BCUT2D eigenvalue weighted by Gasteiger charge is 2.28. The molecule has 2 aromatic carbocycles. The average Bonchev–Trinajstić information content (AvgIpc) is 2.80. The van der Waals surface area contributed by atoms with Gasteiger partial charge >= 0.3 is 0 Å². The van der Waals surface area contributed by atoms with Gasteiger partial charge < -0.3 is 19.7 Å². The van der Waals surface area contributed by atoms with Crippen molar-refractivity contribution in [3.05, 3.63) is 59.2 Å². The molecule has 1 N–H and O–H groups in total. The van der Waals surface area contributed by atoms with Gasteiger partial charge in [0.2, 0.25) is 11.8 Å². The second-order valence-electron chi connectivity index (χ2n) is 7.97. The average molecular weight is 455 g/mol. The maximum Gasteiger partial charge on any atom is 0.242 e. The molecule has 0 radical (unpaired) electrons. The van der Waals surface area contributed by atoms with Crippen LogP contribution in [-0.2, 0) is 22.6 Å². The molecule has 2 rings (SSSR count). The van der Waals surface area contributed by atoms with Crippen LogP contribution in [0, 0.1) is 6.92 Å². The number of hydrogen-bond acceptors (Lipinski definition) is 4. The number of ether oxygens (including phenoxy) is 2. The summed E-state index contributed by atoms with van der Waals surface area (Å²) in [4.78, 5) is 27.8. The van der Waals surface area contributed by atoms with Crippen LogP contribution in [0.3, 0.4) is 0 Å². The van der Waals surface area contributed by atoms with E-state index in [0.717, 1.165) is 16.7 Å². The molecule has 0 unspecified atom stereocenters. The number of rotatable bonds is 13. The third kappa shape index (κ3) is 7.81. The monoisotopic (exact) mass is 454 g/mol. The van der Waals surface area contributed by atoms with Crippen LogP contribution in [0.25, 0.3) is 0 Å². The largest absolute Gasteiger partial charge is 0.490 e. The number of benzene rings is 2. The highest BCUT2D eigenvalue weighted by Crippen LogP contribution is 2.29. The molecule has 0 spiro atoms. The van der Waals surface area contributed by atoms with Gasteiger partial charge in [0.1, 0.15) is 6.04 Å². The Morgan fingerprint density at radius 3 is 2.15 bits per heavy atom. The number of carbonyl (C=O) groups is 2. The Hall–Kier alpha value is -3.02. The molecule has 180 valence electrons. The second kappa shape index (κ2) is 13.5. The van der Waals surface area contributed by atoms with Crippen LogP contribution in [-0.4, -0.2) is 42.5 Å². The van der Waals surface area contributed by atoms with Gasteiger partial charge in [0.15, 0.2) is 11.5 Å². The quantitative estimate of drug-likeness (QED) is 0.478. The lowest BCUT2D eigenvalue weighted by molar-refractivity contribution is -0.141. The van der Waals surface area contributed by atoms with Crippen LogP contribution >= 0.6 is 0 Å². The van der Waals surface area contributed by atoms with E-state index < -0.39 is 6.04 Å². The minimum atomic E-state index is -0.502.